The van der Waals surface area contributed by atoms with Gasteiger partial charge < -0.3 is 4.90 Å². The first-order chi connectivity index (χ1) is 9.20. The van der Waals surface area contributed by atoms with Crippen LogP contribution in [-0.4, -0.2) is 37.1 Å². The minimum absolute atomic E-state index is 0.228. The first kappa shape index (κ1) is 15.4. The molecule has 2 heteroatoms. The maximum absolute atomic E-state index is 2.55. The van der Waals surface area contributed by atoms with Crippen molar-refractivity contribution >= 4 is 5.69 Å². The topological polar surface area (TPSA) is 6.48 Å². The quantitative estimate of drug-likeness (QED) is 0.768. The summed E-state index contributed by atoms with van der Waals surface area (Å²) in [5.74, 6) is 0. The predicted molar refractivity (Wildman–Crippen MR) is 88.8 cm³/mol. The van der Waals surface area contributed by atoms with Crippen molar-refractivity contribution < 1.29 is 0 Å². The summed E-state index contributed by atoms with van der Waals surface area (Å²) < 4.78 is 0. The third-order valence-corrected chi connectivity index (χ3v) is 4.76. The van der Waals surface area contributed by atoms with E-state index in [9.17, 15) is 0 Å². The summed E-state index contributed by atoms with van der Waals surface area (Å²) >= 11 is 0. The summed E-state index contributed by atoms with van der Waals surface area (Å²) in [6.07, 6.45) is 0. The Morgan fingerprint density at radius 2 is 1.60 bits per heavy atom. The molecule has 0 saturated carbocycles. The second-order valence-electron chi connectivity index (χ2n) is 7.52. The average molecular weight is 274 g/mol. The van der Waals surface area contributed by atoms with E-state index in [2.05, 4.69) is 76.6 Å². The first-order valence-electron chi connectivity index (χ1n) is 7.78. The number of anilines is 1. The van der Waals surface area contributed by atoms with E-state index in [0.717, 1.165) is 13.1 Å². The molecule has 1 aromatic rings. The van der Waals surface area contributed by atoms with E-state index in [0.29, 0.717) is 12.1 Å². The van der Waals surface area contributed by atoms with Crippen LogP contribution in [0.1, 0.15) is 45.7 Å². The lowest BCUT2D eigenvalue weighted by molar-refractivity contribution is 0.170. The third kappa shape index (κ3) is 3.01. The van der Waals surface area contributed by atoms with Gasteiger partial charge in [-0.05, 0) is 50.4 Å². The maximum Gasteiger partial charge on any atom is 0.0397 e. The Morgan fingerprint density at radius 1 is 1.05 bits per heavy atom. The molecule has 0 aromatic heterocycles. The summed E-state index contributed by atoms with van der Waals surface area (Å²) in [5, 5.41) is 0. The Morgan fingerprint density at radius 3 is 2.05 bits per heavy atom. The van der Waals surface area contributed by atoms with Crippen molar-refractivity contribution in [1.82, 2.24) is 4.90 Å². The van der Waals surface area contributed by atoms with Gasteiger partial charge in [0, 0.05) is 30.9 Å². The number of nitrogens with zero attached hydrogens (tertiary/aromatic N) is 2. The number of aryl methyl sites for hydroxylation is 1. The van der Waals surface area contributed by atoms with Gasteiger partial charge >= 0.3 is 0 Å². The molecule has 0 radical (unpaired) electrons. The monoisotopic (exact) mass is 274 g/mol. The molecule has 0 bridgehead atoms. The van der Waals surface area contributed by atoms with Crippen molar-refractivity contribution in [3.05, 3.63) is 29.3 Å². The van der Waals surface area contributed by atoms with Crippen LogP contribution in [0.5, 0.6) is 0 Å². The van der Waals surface area contributed by atoms with Crippen LogP contribution >= 0.6 is 0 Å². The summed E-state index contributed by atoms with van der Waals surface area (Å²) in [6.45, 7) is 16.0. The standard InChI is InChI=1S/C18H30N2/c1-13-10-16(18(4,5)6)8-9-17(13)20-11-14(2)19(7)15(3)12-20/h8-10,14-15H,11-12H2,1-7H3. The van der Waals surface area contributed by atoms with Crippen LogP contribution in [0.25, 0.3) is 0 Å². The molecule has 1 aliphatic heterocycles. The van der Waals surface area contributed by atoms with Crippen molar-refractivity contribution in [2.24, 2.45) is 0 Å². The molecule has 2 atom stereocenters. The van der Waals surface area contributed by atoms with E-state index >= 15 is 0 Å². The molecule has 2 nitrogen and oxygen atoms in total. The highest BCUT2D eigenvalue weighted by Crippen LogP contribution is 2.30. The lowest BCUT2D eigenvalue weighted by Gasteiger charge is -2.44. The van der Waals surface area contributed by atoms with E-state index < -0.39 is 0 Å². The van der Waals surface area contributed by atoms with Crippen LogP contribution in [-0.2, 0) is 5.41 Å². The van der Waals surface area contributed by atoms with Crippen LogP contribution in [0.3, 0.4) is 0 Å². The molecule has 2 rings (SSSR count). The van der Waals surface area contributed by atoms with Crippen LogP contribution in [0.4, 0.5) is 5.69 Å². The molecule has 20 heavy (non-hydrogen) atoms. The van der Waals surface area contributed by atoms with Gasteiger partial charge in [0.15, 0.2) is 0 Å². The van der Waals surface area contributed by atoms with Crippen molar-refractivity contribution in [3.8, 4) is 0 Å². The Hall–Kier alpha value is -1.02. The van der Waals surface area contributed by atoms with Crippen molar-refractivity contribution in [1.29, 1.82) is 0 Å². The third-order valence-electron chi connectivity index (χ3n) is 4.76. The van der Waals surface area contributed by atoms with Gasteiger partial charge in [-0.15, -0.1) is 0 Å². The summed E-state index contributed by atoms with van der Waals surface area (Å²) in [7, 11) is 2.24. The maximum atomic E-state index is 2.55. The van der Waals surface area contributed by atoms with Crippen LogP contribution < -0.4 is 4.90 Å². The summed E-state index contributed by atoms with van der Waals surface area (Å²) in [6, 6.07) is 8.21. The zero-order chi connectivity index (χ0) is 15.1. The highest BCUT2D eigenvalue weighted by atomic mass is 15.3. The molecular weight excluding hydrogens is 244 g/mol. The predicted octanol–water partition coefficient (Wildman–Crippen LogP) is 3.82. The van der Waals surface area contributed by atoms with Gasteiger partial charge in [-0.1, -0.05) is 32.9 Å². The van der Waals surface area contributed by atoms with Gasteiger partial charge in [-0.25, -0.2) is 0 Å². The van der Waals surface area contributed by atoms with E-state index in [1.165, 1.54) is 16.8 Å². The molecule has 0 N–H and O–H groups in total. The molecule has 0 spiro atoms. The molecule has 112 valence electrons. The number of likely N-dealkylation sites (N-methyl/N-ethyl adjacent to an activating group) is 1. The van der Waals surface area contributed by atoms with Crippen molar-refractivity contribution in [2.45, 2.75) is 59.0 Å². The average Bonchev–Trinajstić information content (AvgIpc) is 2.34. The fourth-order valence-corrected chi connectivity index (χ4v) is 3.08. The number of benzene rings is 1. The molecule has 2 unspecified atom stereocenters. The molecule has 1 fully saturated rings. The summed E-state index contributed by atoms with van der Waals surface area (Å²) in [5.41, 5.74) is 4.46. The zero-order valence-electron chi connectivity index (χ0n) is 14.2. The van der Waals surface area contributed by atoms with Crippen LogP contribution in [0, 0.1) is 6.92 Å². The SMILES string of the molecule is Cc1cc(C(C)(C)C)ccc1N1CC(C)N(C)C(C)C1. The number of hydrogen-bond donors (Lipinski definition) is 0. The van der Waals surface area contributed by atoms with Gasteiger partial charge in [0.25, 0.3) is 0 Å². The number of piperazine rings is 1. The largest absolute Gasteiger partial charge is 0.368 e. The molecule has 1 aliphatic rings. The van der Waals surface area contributed by atoms with Gasteiger partial charge in [-0.3, -0.25) is 4.90 Å². The highest BCUT2D eigenvalue weighted by molar-refractivity contribution is 5.56. The normalized spacial score (nSPS) is 25.1. The Bertz CT molecular complexity index is 461. The van der Waals surface area contributed by atoms with E-state index in [-0.39, 0.29) is 5.41 Å². The Labute approximate surface area is 124 Å². The van der Waals surface area contributed by atoms with E-state index in [1.54, 1.807) is 0 Å². The van der Waals surface area contributed by atoms with Gasteiger partial charge in [0.2, 0.25) is 0 Å². The van der Waals surface area contributed by atoms with Crippen LogP contribution in [0.15, 0.2) is 18.2 Å². The van der Waals surface area contributed by atoms with E-state index in [4.69, 9.17) is 0 Å². The van der Waals surface area contributed by atoms with Gasteiger partial charge in [0.1, 0.15) is 0 Å². The Kier molecular flexibility index (Phi) is 4.15. The van der Waals surface area contributed by atoms with Gasteiger partial charge in [-0.2, -0.15) is 0 Å². The molecule has 1 aromatic carbocycles. The minimum Gasteiger partial charge on any atom is -0.368 e. The lowest BCUT2D eigenvalue weighted by atomic mass is 9.86. The molecule has 1 saturated heterocycles. The smallest absolute Gasteiger partial charge is 0.0397 e. The highest BCUT2D eigenvalue weighted by Gasteiger charge is 2.27. The number of hydrogen-bond acceptors (Lipinski definition) is 2. The fourth-order valence-electron chi connectivity index (χ4n) is 3.08. The summed E-state index contributed by atoms with van der Waals surface area (Å²) in [4.78, 5) is 5.03. The van der Waals surface area contributed by atoms with Crippen molar-refractivity contribution in [2.75, 3.05) is 25.0 Å². The minimum atomic E-state index is 0.228. The van der Waals surface area contributed by atoms with Crippen LogP contribution in [0.2, 0.25) is 0 Å². The molecular formula is C18H30N2. The molecule has 1 heterocycles. The van der Waals surface area contributed by atoms with Gasteiger partial charge in [0.05, 0.1) is 0 Å². The molecule has 0 aliphatic carbocycles. The number of rotatable bonds is 1. The Balaban J connectivity index is 2.26. The molecule has 0 amide bonds. The zero-order valence-corrected chi connectivity index (χ0v) is 14.2. The second-order valence-corrected chi connectivity index (χ2v) is 7.52. The second kappa shape index (κ2) is 5.40. The first-order valence-corrected chi connectivity index (χ1v) is 7.78. The van der Waals surface area contributed by atoms with E-state index in [1.807, 2.05) is 0 Å². The lowest BCUT2D eigenvalue weighted by Crippen LogP contribution is -2.55. The van der Waals surface area contributed by atoms with Crippen molar-refractivity contribution in [3.63, 3.8) is 0 Å². The fraction of sp³-hybridized carbons (Fsp3) is 0.667.